The first-order valence-corrected chi connectivity index (χ1v) is 6.83. The van der Waals surface area contributed by atoms with Crippen LogP contribution in [-0.4, -0.2) is 40.5 Å². The van der Waals surface area contributed by atoms with E-state index < -0.39 is 4.92 Å². The van der Waals surface area contributed by atoms with Gasteiger partial charge in [-0.15, -0.1) is 0 Å². The third-order valence-corrected chi connectivity index (χ3v) is 3.11. The number of aromatic nitrogens is 2. The number of hydrogen-bond acceptors (Lipinski definition) is 5. The molecule has 0 aliphatic rings. The molecule has 0 spiro atoms. The van der Waals surface area contributed by atoms with E-state index in [-0.39, 0.29) is 17.2 Å². The van der Waals surface area contributed by atoms with Crippen molar-refractivity contribution in [3.8, 4) is 5.69 Å². The van der Waals surface area contributed by atoms with Crippen LogP contribution >= 0.6 is 0 Å². The molecule has 22 heavy (non-hydrogen) atoms. The van der Waals surface area contributed by atoms with Crippen molar-refractivity contribution < 1.29 is 9.72 Å². The van der Waals surface area contributed by atoms with E-state index in [0.29, 0.717) is 12.2 Å². The molecule has 1 amide bonds. The lowest BCUT2D eigenvalue weighted by molar-refractivity contribution is -0.384. The minimum absolute atomic E-state index is 0.138. The topological polar surface area (TPSA) is 102 Å². The Balaban J connectivity index is 2.19. The Bertz CT molecular complexity index is 655. The quantitative estimate of drug-likeness (QED) is 0.453. The van der Waals surface area contributed by atoms with Gasteiger partial charge in [-0.05, 0) is 32.1 Å². The van der Waals surface area contributed by atoms with Crippen molar-refractivity contribution in [1.82, 2.24) is 20.2 Å². The Morgan fingerprint density at radius 3 is 2.86 bits per heavy atom. The Labute approximate surface area is 127 Å². The number of nitrogens with zero attached hydrogens (tertiary/aromatic N) is 3. The van der Waals surface area contributed by atoms with E-state index in [9.17, 15) is 14.9 Å². The van der Waals surface area contributed by atoms with E-state index in [1.54, 1.807) is 18.3 Å². The minimum Gasteiger partial charge on any atom is -0.352 e. The molecule has 0 fully saturated rings. The van der Waals surface area contributed by atoms with E-state index >= 15 is 0 Å². The number of carbonyl (C=O) groups excluding carboxylic acids is 1. The van der Waals surface area contributed by atoms with Crippen LogP contribution in [-0.2, 0) is 0 Å². The van der Waals surface area contributed by atoms with E-state index in [4.69, 9.17) is 0 Å². The number of rotatable bonds is 7. The van der Waals surface area contributed by atoms with Crippen LogP contribution in [0.25, 0.3) is 5.69 Å². The molecule has 2 aromatic rings. The normalized spacial score (nSPS) is 10.4. The summed E-state index contributed by atoms with van der Waals surface area (Å²) < 4.78 is 1.53. The highest BCUT2D eigenvalue weighted by atomic mass is 16.6. The monoisotopic (exact) mass is 303 g/mol. The van der Waals surface area contributed by atoms with Gasteiger partial charge in [0.1, 0.15) is 5.69 Å². The van der Waals surface area contributed by atoms with Crippen LogP contribution in [0, 0.1) is 10.1 Å². The molecule has 0 bridgehead atoms. The number of nitrogens with one attached hydrogen (secondary N) is 2. The summed E-state index contributed by atoms with van der Waals surface area (Å²) in [5.74, 6) is -0.323. The third-order valence-electron chi connectivity index (χ3n) is 3.11. The van der Waals surface area contributed by atoms with Crippen LogP contribution in [0.4, 0.5) is 5.69 Å². The first kappa shape index (κ1) is 15.6. The lowest BCUT2D eigenvalue weighted by Gasteiger charge is -2.07. The van der Waals surface area contributed by atoms with Crippen LogP contribution in [0.15, 0.2) is 36.9 Å². The van der Waals surface area contributed by atoms with Crippen LogP contribution in [0.5, 0.6) is 0 Å². The van der Waals surface area contributed by atoms with Crippen LogP contribution in [0.1, 0.15) is 16.8 Å². The lowest BCUT2D eigenvalue weighted by atomic mass is 10.1. The molecule has 8 nitrogen and oxygen atoms in total. The molecule has 0 unspecified atom stereocenters. The zero-order valence-electron chi connectivity index (χ0n) is 12.2. The van der Waals surface area contributed by atoms with Crippen LogP contribution in [0.3, 0.4) is 0 Å². The molecule has 0 atom stereocenters. The van der Waals surface area contributed by atoms with Crippen LogP contribution in [0.2, 0.25) is 0 Å². The van der Waals surface area contributed by atoms with Gasteiger partial charge >= 0.3 is 0 Å². The maximum Gasteiger partial charge on any atom is 0.294 e. The van der Waals surface area contributed by atoms with Crippen LogP contribution < -0.4 is 10.6 Å². The number of benzene rings is 1. The smallest absolute Gasteiger partial charge is 0.294 e. The van der Waals surface area contributed by atoms with E-state index in [0.717, 1.165) is 13.0 Å². The van der Waals surface area contributed by atoms with E-state index in [2.05, 4.69) is 15.6 Å². The highest BCUT2D eigenvalue weighted by Crippen LogP contribution is 2.24. The number of carbonyl (C=O) groups is 1. The number of amides is 1. The van der Waals surface area contributed by atoms with Crippen molar-refractivity contribution in [3.63, 3.8) is 0 Å². The molecule has 116 valence electrons. The molecule has 0 radical (unpaired) electrons. The summed E-state index contributed by atoms with van der Waals surface area (Å²) >= 11 is 0. The van der Waals surface area contributed by atoms with Crippen molar-refractivity contribution in [2.24, 2.45) is 0 Å². The molecule has 2 N–H and O–H groups in total. The average Bonchev–Trinajstić information content (AvgIpc) is 3.05. The van der Waals surface area contributed by atoms with Crippen molar-refractivity contribution in [1.29, 1.82) is 0 Å². The molecule has 1 heterocycles. The molecule has 1 aromatic carbocycles. The van der Waals surface area contributed by atoms with Gasteiger partial charge in [0, 0.05) is 30.6 Å². The summed E-state index contributed by atoms with van der Waals surface area (Å²) in [6.45, 7) is 1.30. The molecule has 1 aromatic heterocycles. The number of nitro groups is 1. The second-order valence-corrected chi connectivity index (χ2v) is 4.64. The molecule has 0 aliphatic carbocycles. The summed E-state index contributed by atoms with van der Waals surface area (Å²) in [4.78, 5) is 26.6. The molecule has 8 heteroatoms. The van der Waals surface area contributed by atoms with Gasteiger partial charge in [0.25, 0.3) is 11.6 Å². The fourth-order valence-electron chi connectivity index (χ4n) is 2.00. The zero-order valence-corrected chi connectivity index (χ0v) is 12.2. The molecule has 0 aliphatic heterocycles. The molecule has 0 saturated heterocycles. The fourth-order valence-corrected chi connectivity index (χ4v) is 2.00. The highest BCUT2D eigenvalue weighted by Gasteiger charge is 2.18. The molecular formula is C14H17N5O3. The number of hydrogen-bond donors (Lipinski definition) is 2. The van der Waals surface area contributed by atoms with Gasteiger partial charge in [-0.25, -0.2) is 4.98 Å². The Morgan fingerprint density at radius 1 is 1.41 bits per heavy atom. The third kappa shape index (κ3) is 3.67. The van der Waals surface area contributed by atoms with Gasteiger partial charge in [0.2, 0.25) is 0 Å². The second kappa shape index (κ2) is 7.32. The van der Waals surface area contributed by atoms with Gasteiger partial charge in [-0.2, -0.15) is 0 Å². The minimum atomic E-state index is -0.507. The van der Waals surface area contributed by atoms with Gasteiger partial charge in [0.05, 0.1) is 11.3 Å². The standard InChI is InChI=1S/C14H17N5O3/c1-15-5-2-6-17-14(20)11-3-4-12(13(9-11)19(21)22)18-8-7-16-10-18/h3-4,7-10,15H,2,5-6H2,1H3,(H,17,20). The van der Waals surface area contributed by atoms with E-state index in [1.165, 1.54) is 23.2 Å². The van der Waals surface area contributed by atoms with Crippen molar-refractivity contribution in [2.75, 3.05) is 20.1 Å². The maximum atomic E-state index is 12.0. The molecular weight excluding hydrogens is 286 g/mol. The van der Waals surface area contributed by atoms with Gasteiger partial charge in [-0.1, -0.05) is 0 Å². The van der Waals surface area contributed by atoms with Gasteiger partial charge in [-0.3, -0.25) is 14.9 Å². The zero-order chi connectivity index (χ0) is 15.9. The first-order valence-electron chi connectivity index (χ1n) is 6.83. The highest BCUT2D eigenvalue weighted by molar-refractivity contribution is 5.95. The Hall–Kier alpha value is -2.74. The summed E-state index contributed by atoms with van der Waals surface area (Å²) in [6, 6.07) is 4.39. The Morgan fingerprint density at radius 2 is 2.23 bits per heavy atom. The van der Waals surface area contributed by atoms with Crippen molar-refractivity contribution >= 4 is 11.6 Å². The largest absolute Gasteiger partial charge is 0.352 e. The number of nitro benzene ring substituents is 1. The predicted molar refractivity (Wildman–Crippen MR) is 81.1 cm³/mol. The Kier molecular flexibility index (Phi) is 5.21. The summed E-state index contributed by atoms with van der Waals surface area (Å²) in [7, 11) is 1.83. The summed E-state index contributed by atoms with van der Waals surface area (Å²) in [5, 5.41) is 16.9. The number of imidazole rings is 1. The SMILES string of the molecule is CNCCCNC(=O)c1ccc(-n2ccnc2)c([N+](=O)[O-])c1. The first-order chi connectivity index (χ1) is 10.6. The van der Waals surface area contributed by atoms with Crippen molar-refractivity contribution in [2.45, 2.75) is 6.42 Å². The van der Waals surface area contributed by atoms with Gasteiger partial charge in [0.15, 0.2) is 0 Å². The van der Waals surface area contributed by atoms with Gasteiger partial charge < -0.3 is 15.2 Å². The maximum absolute atomic E-state index is 12.0. The lowest BCUT2D eigenvalue weighted by Crippen LogP contribution is -2.26. The summed E-state index contributed by atoms with van der Waals surface area (Å²) in [6.07, 6.45) is 5.41. The predicted octanol–water partition coefficient (Wildman–Crippen LogP) is 1.12. The molecule has 2 rings (SSSR count). The molecule has 0 saturated carbocycles. The van der Waals surface area contributed by atoms with Crippen molar-refractivity contribution in [3.05, 3.63) is 52.6 Å². The summed E-state index contributed by atoms with van der Waals surface area (Å²) in [5.41, 5.74) is 0.495. The second-order valence-electron chi connectivity index (χ2n) is 4.64. The van der Waals surface area contributed by atoms with E-state index in [1.807, 2.05) is 7.05 Å². The average molecular weight is 303 g/mol. The fraction of sp³-hybridized carbons (Fsp3) is 0.286.